The molecule has 1 aliphatic carbocycles. The lowest BCUT2D eigenvalue weighted by molar-refractivity contribution is -0.133. The van der Waals surface area contributed by atoms with Crippen LogP contribution in [-0.4, -0.2) is 53.0 Å². The van der Waals surface area contributed by atoms with Crippen LogP contribution in [-0.2, 0) is 11.3 Å². The minimum absolute atomic E-state index is 0. The Morgan fingerprint density at radius 1 is 1.26 bits per heavy atom. The zero-order valence-electron chi connectivity index (χ0n) is 16.4. The predicted molar refractivity (Wildman–Crippen MR) is 115 cm³/mol. The first-order chi connectivity index (χ1) is 12.6. The molecule has 3 rings (SSSR count). The molecule has 1 saturated carbocycles. The minimum Gasteiger partial charge on any atom is -0.497 e. The molecule has 1 aliphatic heterocycles. The van der Waals surface area contributed by atoms with E-state index in [4.69, 9.17) is 9.73 Å². The number of hydrogen-bond acceptors (Lipinski definition) is 4. The van der Waals surface area contributed by atoms with Crippen LogP contribution in [0.4, 0.5) is 0 Å². The van der Waals surface area contributed by atoms with Crippen molar-refractivity contribution in [3.63, 3.8) is 0 Å². The number of thioether (sulfide) groups is 1. The van der Waals surface area contributed by atoms with Crippen molar-refractivity contribution in [3.8, 4) is 5.75 Å². The molecule has 7 heteroatoms. The van der Waals surface area contributed by atoms with Crippen molar-refractivity contribution in [1.82, 2.24) is 9.80 Å². The highest BCUT2D eigenvalue weighted by atomic mass is 35.5. The predicted octanol–water partition coefficient (Wildman–Crippen LogP) is 4.16. The topological polar surface area (TPSA) is 45.1 Å². The molecule has 27 heavy (non-hydrogen) atoms. The van der Waals surface area contributed by atoms with Gasteiger partial charge in [0.15, 0.2) is 5.17 Å². The van der Waals surface area contributed by atoms with Gasteiger partial charge in [-0.25, -0.2) is 0 Å². The van der Waals surface area contributed by atoms with E-state index in [0.29, 0.717) is 12.6 Å². The summed E-state index contributed by atoms with van der Waals surface area (Å²) in [6.07, 6.45) is 6.37. The Morgan fingerprint density at radius 2 is 1.93 bits per heavy atom. The second-order valence-corrected chi connectivity index (χ2v) is 8.09. The number of benzene rings is 1. The molecule has 1 saturated heterocycles. The van der Waals surface area contributed by atoms with Crippen LogP contribution >= 0.6 is 24.2 Å². The summed E-state index contributed by atoms with van der Waals surface area (Å²) in [5.74, 6) is 1.80. The van der Waals surface area contributed by atoms with Gasteiger partial charge in [0.1, 0.15) is 11.9 Å². The Bertz CT molecular complexity index is 647. The molecule has 0 aromatic heterocycles. The summed E-state index contributed by atoms with van der Waals surface area (Å²) in [7, 11) is 3.73. The number of amidine groups is 1. The number of carbonyl (C=O) groups excluding carboxylic acids is 1. The van der Waals surface area contributed by atoms with Crippen molar-refractivity contribution in [2.75, 3.05) is 19.9 Å². The first-order valence-electron chi connectivity index (χ1n) is 9.42. The van der Waals surface area contributed by atoms with E-state index in [1.165, 1.54) is 32.1 Å². The van der Waals surface area contributed by atoms with Crippen molar-refractivity contribution in [2.45, 2.75) is 57.8 Å². The Labute approximate surface area is 172 Å². The van der Waals surface area contributed by atoms with Gasteiger partial charge in [0.2, 0.25) is 5.91 Å². The molecule has 1 atom stereocenters. The Balaban J connectivity index is 0.00000261. The van der Waals surface area contributed by atoms with Crippen LogP contribution < -0.4 is 4.74 Å². The number of aliphatic imine (C=N–C) groups is 1. The van der Waals surface area contributed by atoms with E-state index in [9.17, 15) is 4.79 Å². The molecule has 1 amide bonds. The van der Waals surface area contributed by atoms with E-state index < -0.39 is 0 Å². The molecule has 0 bridgehead atoms. The van der Waals surface area contributed by atoms with E-state index in [2.05, 4.69) is 11.9 Å². The molecule has 1 unspecified atom stereocenters. The van der Waals surface area contributed by atoms with E-state index in [1.807, 2.05) is 29.2 Å². The molecule has 1 heterocycles. The lowest BCUT2D eigenvalue weighted by Crippen LogP contribution is -2.47. The van der Waals surface area contributed by atoms with Gasteiger partial charge < -0.3 is 14.5 Å². The summed E-state index contributed by atoms with van der Waals surface area (Å²) in [5.41, 5.74) is 1.11. The number of rotatable bonds is 5. The van der Waals surface area contributed by atoms with E-state index >= 15 is 0 Å². The summed E-state index contributed by atoms with van der Waals surface area (Å²) in [6.45, 7) is 2.25. The van der Waals surface area contributed by atoms with Gasteiger partial charge in [0.05, 0.1) is 13.2 Å². The first kappa shape index (κ1) is 21.9. The Morgan fingerprint density at radius 3 is 2.52 bits per heavy atom. The molecule has 5 nitrogen and oxygen atoms in total. The average molecular weight is 412 g/mol. The van der Waals surface area contributed by atoms with Crippen LogP contribution in [0.1, 0.15) is 44.6 Å². The standard InChI is InChI=1S/C20H29N3O2S.ClH/c1-15(24)23(13-16-9-11-18(25-3)12-10-16)19-14-26-20(22(19)2)21-17-7-5-4-6-8-17;/h9-12,17,19H,4-8,13-14H2,1-3H3;1H. The lowest BCUT2D eigenvalue weighted by Gasteiger charge is -2.33. The maximum Gasteiger partial charge on any atom is 0.221 e. The average Bonchev–Trinajstić information content (AvgIpc) is 3.01. The van der Waals surface area contributed by atoms with E-state index in [0.717, 1.165) is 22.2 Å². The fourth-order valence-corrected chi connectivity index (χ4v) is 4.89. The molecule has 150 valence electrons. The number of nitrogens with zero attached hydrogens (tertiary/aromatic N) is 3. The van der Waals surface area contributed by atoms with E-state index in [-0.39, 0.29) is 24.5 Å². The highest BCUT2D eigenvalue weighted by molar-refractivity contribution is 8.14. The monoisotopic (exact) mass is 411 g/mol. The highest BCUT2D eigenvalue weighted by Gasteiger charge is 2.34. The summed E-state index contributed by atoms with van der Waals surface area (Å²) in [6, 6.07) is 8.38. The van der Waals surface area contributed by atoms with Gasteiger partial charge in [-0.2, -0.15) is 0 Å². The zero-order chi connectivity index (χ0) is 18.5. The fourth-order valence-electron chi connectivity index (χ4n) is 3.64. The Hall–Kier alpha value is -1.40. The highest BCUT2D eigenvalue weighted by Crippen LogP contribution is 2.29. The van der Waals surface area contributed by atoms with Crippen LogP contribution in [0.2, 0.25) is 0 Å². The molecule has 0 N–H and O–H groups in total. The van der Waals surface area contributed by atoms with E-state index in [1.54, 1.807) is 25.8 Å². The summed E-state index contributed by atoms with van der Waals surface area (Å²) < 4.78 is 5.22. The number of amides is 1. The normalized spacial score (nSPS) is 21.8. The first-order valence-corrected chi connectivity index (χ1v) is 10.4. The fraction of sp³-hybridized carbons (Fsp3) is 0.600. The van der Waals surface area contributed by atoms with Crippen molar-refractivity contribution < 1.29 is 9.53 Å². The number of hydrogen-bond donors (Lipinski definition) is 0. The SMILES string of the molecule is COc1ccc(CN(C(C)=O)C2CSC(=NC3CCCCC3)N2C)cc1.Cl. The maximum atomic E-state index is 12.3. The molecule has 0 radical (unpaired) electrons. The zero-order valence-corrected chi connectivity index (χ0v) is 18.0. The molecule has 2 aliphatic rings. The van der Waals surface area contributed by atoms with Crippen LogP contribution in [0.3, 0.4) is 0 Å². The third kappa shape index (κ3) is 5.55. The third-order valence-corrected chi connectivity index (χ3v) is 6.37. The van der Waals surface area contributed by atoms with Gasteiger partial charge in [-0.3, -0.25) is 9.79 Å². The maximum absolute atomic E-state index is 12.3. The Kier molecular flexibility index (Phi) is 8.29. The smallest absolute Gasteiger partial charge is 0.221 e. The van der Waals surface area contributed by atoms with Crippen LogP contribution in [0.5, 0.6) is 5.75 Å². The summed E-state index contributed by atoms with van der Waals surface area (Å²) >= 11 is 1.78. The van der Waals surface area contributed by atoms with Crippen LogP contribution in [0, 0.1) is 0 Å². The van der Waals surface area contributed by atoms with Gasteiger partial charge >= 0.3 is 0 Å². The number of halogens is 1. The second kappa shape index (κ2) is 10.2. The quantitative estimate of drug-likeness (QED) is 0.729. The van der Waals surface area contributed by atoms with Crippen LogP contribution in [0.25, 0.3) is 0 Å². The third-order valence-electron chi connectivity index (χ3n) is 5.25. The minimum atomic E-state index is 0. The van der Waals surface area contributed by atoms with Gasteiger partial charge in [0, 0.05) is 26.3 Å². The van der Waals surface area contributed by atoms with Gasteiger partial charge in [-0.05, 0) is 30.5 Å². The summed E-state index contributed by atoms with van der Waals surface area (Å²) in [5, 5.41) is 1.09. The van der Waals surface area contributed by atoms with Crippen molar-refractivity contribution in [2.24, 2.45) is 4.99 Å². The molecule has 2 fully saturated rings. The van der Waals surface area contributed by atoms with Gasteiger partial charge in [-0.15, -0.1) is 12.4 Å². The van der Waals surface area contributed by atoms with Crippen LogP contribution in [0.15, 0.2) is 29.3 Å². The molecule has 1 aromatic rings. The van der Waals surface area contributed by atoms with Gasteiger partial charge in [-0.1, -0.05) is 43.2 Å². The number of methoxy groups -OCH3 is 1. The van der Waals surface area contributed by atoms with Crippen molar-refractivity contribution in [1.29, 1.82) is 0 Å². The number of carbonyl (C=O) groups is 1. The lowest BCUT2D eigenvalue weighted by atomic mass is 9.96. The van der Waals surface area contributed by atoms with Crippen molar-refractivity contribution in [3.05, 3.63) is 29.8 Å². The molecular weight excluding hydrogens is 382 g/mol. The molecule has 0 spiro atoms. The second-order valence-electron chi connectivity index (χ2n) is 7.10. The summed E-state index contributed by atoms with van der Waals surface area (Å²) in [4.78, 5) is 21.4. The molecular formula is C20H30ClN3O2S. The molecule has 1 aromatic carbocycles. The number of ether oxygens (including phenoxy) is 1. The largest absolute Gasteiger partial charge is 0.497 e. The van der Waals surface area contributed by atoms with Gasteiger partial charge in [0.25, 0.3) is 0 Å². The van der Waals surface area contributed by atoms with Crippen molar-refractivity contribution >= 4 is 35.2 Å².